The van der Waals surface area contributed by atoms with Gasteiger partial charge in [0.15, 0.2) is 5.78 Å². The van der Waals surface area contributed by atoms with Crippen LogP contribution in [0.4, 0.5) is 0 Å². The zero-order chi connectivity index (χ0) is 13.0. The third kappa shape index (κ3) is 3.31. The maximum Gasteiger partial charge on any atom is 0.151 e. The van der Waals surface area contributed by atoms with Crippen molar-refractivity contribution in [3.05, 3.63) is 0 Å². The Kier molecular flexibility index (Phi) is 5.17. The fraction of sp³-hybridized carbons (Fsp3) is 0.938. The van der Waals surface area contributed by atoms with Crippen molar-refractivity contribution in [2.24, 2.45) is 11.8 Å². The van der Waals surface area contributed by atoms with E-state index in [1.807, 2.05) is 11.8 Å². The first-order chi connectivity index (χ1) is 8.65. The second kappa shape index (κ2) is 6.45. The molecule has 18 heavy (non-hydrogen) atoms. The Balaban J connectivity index is 1.80. The van der Waals surface area contributed by atoms with Crippen LogP contribution in [0.15, 0.2) is 0 Å². The SMILES string of the molecule is CCCCC1CCC(C(=O)C2(C)CCCS2)CC1. The highest BCUT2D eigenvalue weighted by Gasteiger charge is 2.41. The van der Waals surface area contributed by atoms with Crippen molar-refractivity contribution >= 4 is 17.5 Å². The summed E-state index contributed by atoms with van der Waals surface area (Å²) in [5.41, 5.74) is 0. The van der Waals surface area contributed by atoms with Gasteiger partial charge in [-0.3, -0.25) is 4.79 Å². The molecule has 1 aliphatic heterocycles. The van der Waals surface area contributed by atoms with Crippen molar-refractivity contribution in [2.45, 2.75) is 76.4 Å². The molecule has 0 amide bonds. The van der Waals surface area contributed by atoms with Gasteiger partial charge in [0.2, 0.25) is 0 Å². The van der Waals surface area contributed by atoms with E-state index in [-0.39, 0.29) is 4.75 Å². The molecule has 1 nitrogen and oxygen atoms in total. The number of rotatable bonds is 5. The Morgan fingerprint density at radius 1 is 1.28 bits per heavy atom. The van der Waals surface area contributed by atoms with Crippen LogP contribution in [0.2, 0.25) is 0 Å². The molecule has 2 fully saturated rings. The van der Waals surface area contributed by atoms with Crippen LogP contribution >= 0.6 is 11.8 Å². The monoisotopic (exact) mass is 268 g/mol. The fourth-order valence-corrected chi connectivity index (χ4v) is 4.95. The van der Waals surface area contributed by atoms with Crippen molar-refractivity contribution in [2.75, 3.05) is 5.75 Å². The first kappa shape index (κ1) is 14.4. The number of hydrogen-bond donors (Lipinski definition) is 0. The summed E-state index contributed by atoms with van der Waals surface area (Å²) in [6, 6.07) is 0. The van der Waals surface area contributed by atoms with Crippen molar-refractivity contribution < 1.29 is 4.79 Å². The van der Waals surface area contributed by atoms with Gasteiger partial charge in [0.05, 0.1) is 4.75 Å². The Bertz CT molecular complexity index is 273. The molecule has 0 radical (unpaired) electrons. The fourth-order valence-electron chi connectivity index (χ4n) is 3.61. The summed E-state index contributed by atoms with van der Waals surface area (Å²) in [7, 11) is 0. The summed E-state index contributed by atoms with van der Waals surface area (Å²) in [6.45, 7) is 4.46. The van der Waals surface area contributed by atoms with Crippen molar-refractivity contribution in [3.8, 4) is 0 Å². The zero-order valence-electron chi connectivity index (χ0n) is 12.0. The molecular weight excluding hydrogens is 240 g/mol. The molecule has 0 aromatic carbocycles. The van der Waals surface area contributed by atoms with Crippen LogP contribution in [0.3, 0.4) is 0 Å². The van der Waals surface area contributed by atoms with E-state index in [0.717, 1.165) is 12.3 Å². The number of hydrogen-bond acceptors (Lipinski definition) is 2. The summed E-state index contributed by atoms with van der Waals surface area (Å²) in [4.78, 5) is 12.6. The first-order valence-electron chi connectivity index (χ1n) is 7.84. The average molecular weight is 268 g/mol. The normalized spacial score (nSPS) is 36.8. The van der Waals surface area contributed by atoms with Gasteiger partial charge in [-0.25, -0.2) is 0 Å². The van der Waals surface area contributed by atoms with Crippen LogP contribution in [-0.2, 0) is 4.79 Å². The van der Waals surface area contributed by atoms with Gasteiger partial charge in [0, 0.05) is 5.92 Å². The third-order valence-corrected chi connectivity index (χ3v) is 6.46. The molecule has 0 aromatic heterocycles. The Labute approximate surface area is 116 Å². The van der Waals surface area contributed by atoms with Crippen LogP contribution in [0.25, 0.3) is 0 Å². The number of ketones is 1. The molecule has 1 heterocycles. The molecule has 2 aliphatic rings. The van der Waals surface area contributed by atoms with Gasteiger partial charge < -0.3 is 0 Å². The predicted molar refractivity (Wildman–Crippen MR) is 80.1 cm³/mol. The van der Waals surface area contributed by atoms with Gasteiger partial charge in [-0.1, -0.05) is 26.2 Å². The van der Waals surface area contributed by atoms with Gasteiger partial charge >= 0.3 is 0 Å². The lowest BCUT2D eigenvalue weighted by atomic mass is 9.75. The minimum Gasteiger partial charge on any atom is -0.298 e. The Hall–Kier alpha value is 0.0200. The molecule has 0 spiro atoms. The van der Waals surface area contributed by atoms with Gasteiger partial charge in [0.1, 0.15) is 0 Å². The molecule has 0 bridgehead atoms. The van der Waals surface area contributed by atoms with Crippen LogP contribution in [0.1, 0.15) is 71.6 Å². The van der Waals surface area contributed by atoms with Crippen LogP contribution in [0.5, 0.6) is 0 Å². The van der Waals surface area contributed by atoms with Gasteiger partial charge in [0.25, 0.3) is 0 Å². The maximum absolute atomic E-state index is 12.6. The van der Waals surface area contributed by atoms with Crippen molar-refractivity contribution in [1.29, 1.82) is 0 Å². The summed E-state index contributed by atoms with van der Waals surface area (Å²) in [5.74, 6) is 3.07. The smallest absolute Gasteiger partial charge is 0.151 e. The van der Waals surface area contributed by atoms with Gasteiger partial charge in [-0.15, -0.1) is 11.8 Å². The first-order valence-corrected chi connectivity index (χ1v) is 8.82. The van der Waals surface area contributed by atoms with Gasteiger partial charge in [-0.05, 0) is 57.1 Å². The molecule has 2 rings (SSSR count). The van der Waals surface area contributed by atoms with E-state index in [1.54, 1.807) is 0 Å². The van der Waals surface area contributed by atoms with E-state index in [0.29, 0.717) is 11.7 Å². The van der Waals surface area contributed by atoms with E-state index in [9.17, 15) is 4.79 Å². The molecule has 2 heteroatoms. The number of unbranched alkanes of at least 4 members (excludes halogenated alkanes) is 1. The molecular formula is C16H28OS. The number of Topliss-reactive ketones (excluding diaryl/α,β-unsaturated/α-hetero) is 1. The lowest BCUT2D eigenvalue weighted by molar-refractivity contribution is -0.126. The highest BCUT2D eigenvalue weighted by atomic mass is 32.2. The predicted octanol–water partition coefficient (Wildman–Crippen LogP) is 4.84. The minimum absolute atomic E-state index is 0.0269. The third-order valence-electron chi connectivity index (χ3n) is 4.92. The number of carbonyl (C=O) groups is 1. The molecule has 1 unspecified atom stereocenters. The van der Waals surface area contributed by atoms with E-state index >= 15 is 0 Å². The van der Waals surface area contributed by atoms with Crippen LogP contribution in [0, 0.1) is 11.8 Å². The lowest BCUT2D eigenvalue weighted by Crippen LogP contribution is -2.36. The van der Waals surface area contributed by atoms with Crippen LogP contribution in [-0.4, -0.2) is 16.3 Å². The molecule has 1 atom stereocenters. The highest BCUT2D eigenvalue weighted by Crippen LogP contribution is 2.43. The molecule has 1 saturated heterocycles. The second-order valence-corrected chi connectivity index (χ2v) is 8.00. The Morgan fingerprint density at radius 2 is 2.00 bits per heavy atom. The van der Waals surface area contributed by atoms with Gasteiger partial charge in [-0.2, -0.15) is 0 Å². The van der Waals surface area contributed by atoms with E-state index < -0.39 is 0 Å². The highest BCUT2D eigenvalue weighted by molar-refractivity contribution is 8.01. The topological polar surface area (TPSA) is 17.1 Å². The largest absolute Gasteiger partial charge is 0.298 e. The summed E-state index contributed by atoms with van der Waals surface area (Å²) in [5, 5.41) is 0. The molecule has 1 saturated carbocycles. The van der Waals surface area contributed by atoms with E-state index in [2.05, 4.69) is 13.8 Å². The summed E-state index contributed by atoms with van der Waals surface area (Å²) in [6.07, 6.45) is 11.4. The van der Waals surface area contributed by atoms with Crippen molar-refractivity contribution in [3.63, 3.8) is 0 Å². The standard InChI is InChI=1S/C16H28OS/c1-3-4-6-13-7-9-14(10-8-13)15(17)16(2)11-5-12-18-16/h13-14H,3-12H2,1-2H3. The molecule has 104 valence electrons. The quantitative estimate of drug-likeness (QED) is 0.710. The average Bonchev–Trinajstić information content (AvgIpc) is 2.84. The summed E-state index contributed by atoms with van der Waals surface area (Å²) >= 11 is 1.91. The zero-order valence-corrected chi connectivity index (χ0v) is 12.9. The molecule has 1 aliphatic carbocycles. The number of thioether (sulfide) groups is 1. The van der Waals surface area contributed by atoms with Crippen molar-refractivity contribution in [1.82, 2.24) is 0 Å². The Morgan fingerprint density at radius 3 is 2.56 bits per heavy atom. The molecule has 0 aromatic rings. The summed E-state index contributed by atoms with van der Waals surface area (Å²) < 4.78 is -0.0269. The molecule has 0 N–H and O–H groups in total. The minimum atomic E-state index is -0.0269. The van der Waals surface area contributed by atoms with E-state index in [4.69, 9.17) is 0 Å². The van der Waals surface area contributed by atoms with E-state index in [1.165, 1.54) is 57.1 Å². The number of carbonyl (C=O) groups excluding carboxylic acids is 1. The maximum atomic E-state index is 12.6. The lowest BCUT2D eigenvalue weighted by Gasteiger charge is -2.32. The van der Waals surface area contributed by atoms with Crippen LogP contribution < -0.4 is 0 Å². The second-order valence-electron chi connectivity index (χ2n) is 6.41.